The quantitative estimate of drug-likeness (QED) is 0.467. The summed E-state index contributed by atoms with van der Waals surface area (Å²) < 4.78 is 0.911. The molecule has 0 aromatic carbocycles. The van der Waals surface area contributed by atoms with Gasteiger partial charge in [0.25, 0.3) is 0 Å². The summed E-state index contributed by atoms with van der Waals surface area (Å²) in [5.74, 6) is 0.268. The Morgan fingerprint density at radius 2 is 2.50 bits per heavy atom. The first kappa shape index (κ1) is 8.20. The number of rotatable bonds is 3. The van der Waals surface area contributed by atoms with Crippen molar-refractivity contribution in [3.63, 3.8) is 0 Å². The minimum Gasteiger partial charge on any atom is -0.293 e. The van der Waals surface area contributed by atoms with Gasteiger partial charge >= 0.3 is 0 Å². The van der Waals surface area contributed by atoms with Crippen LogP contribution in [0.15, 0.2) is 17.5 Å². The van der Waals surface area contributed by atoms with Crippen molar-refractivity contribution < 1.29 is 4.79 Å². The molecule has 0 N–H and O–H groups in total. The Labute approximate surface area is 77.6 Å². The van der Waals surface area contributed by atoms with Crippen molar-refractivity contribution >= 4 is 39.7 Å². The molecule has 1 rings (SSSR count). The molecular weight excluding hydrogens is 259 g/mol. The Morgan fingerprint density at radius 3 is 3.00 bits per heavy atom. The van der Waals surface area contributed by atoms with Crippen LogP contribution in [0.2, 0.25) is 0 Å². The van der Waals surface area contributed by atoms with Crippen LogP contribution in [0, 0.1) is 0 Å². The molecule has 1 nitrogen and oxygen atoms in total. The number of Topliss-reactive ketones (excluding diaryl/α,β-unsaturated/α-hetero) is 1. The minimum atomic E-state index is 0.268. The number of hydrogen-bond donors (Lipinski definition) is 0. The summed E-state index contributed by atoms with van der Waals surface area (Å²) in [5.41, 5.74) is 0. The van der Waals surface area contributed by atoms with Crippen LogP contribution in [0.1, 0.15) is 16.1 Å². The molecule has 0 saturated heterocycles. The zero-order valence-electron chi connectivity index (χ0n) is 5.34. The summed E-state index contributed by atoms with van der Waals surface area (Å²) in [6, 6.07) is 3.78. The van der Waals surface area contributed by atoms with Crippen LogP contribution in [0.25, 0.3) is 0 Å². The molecule has 0 aliphatic heterocycles. The van der Waals surface area contributed by atoms with E-state index < -0.39 is 0 Å². The van der Waals surface area contributed by atoms with Crippen LogP contribution < -0.4 is 0 Å². The van der Waals surface area contributed by atoms with Gasteiger partial charge in [0.1, 0.15) is 0 Å². The fourth-order valence-electron chi connectivity index (χ4n) is 0.646. The van der Waals surface area contributed by atoms with E-state index in [1.54, 1.807) is 0 Å². The van der Waals surface area contributed by atoms with E-state index >= 15 is 0 Å². The number of ketones is 1. The molecule has 0 aliphatic rings. The summed E-state index contributed by atoms with van der Waals surface area (Å²) in [6.45, 7) is 0. The van der Waals surface area contributed by atoms with Crippen molar-refractivity contribution in [3.8, 4) is 0 Å². The zero-order valence-corrected chi connectivity index (χ0v) is 8.31. The van der Waals surface area contributed by atoms with E-state index in [4.69, 9.17) is 0 Å². The Kier molecular flexibility index (Phi) is 3.34. The molecule has 0 unspecified atom stereocenters. The van der Waals surface area contributed by atoms with Crippen molar-refractivity contribution in [2.24, 2.45) is 0 Å². The average Bonchev–Trinajstić information content (AvgIpc) is 2.38. The lowest BCUT2D eigenvalue weighted by Gasteiger charge is -1.89. The molecule has 54 valence electrons. The zero-order chi connectivity index (χ0) is 7.40. The molecule has 10 heavy (non-hydrogen) atoms. The third-order valence-electron chi connectivity index (χ3n) is 1.12. The lowest BCUT2D eigenvalue weighted by atomic mass is 10.3. The average molecular weight is 266 g/mol. The molecule has 1 aromatic rings. The van der Waals surface area contributed by atoms with Crippen LogP contribution >= 0.6 is 33.9 Å². The van der Waals surface area contributed by atoms with E-state index in [0.717, 1.165) is 9.30 Å². The van der Waals surface area contributed by atoms with Crippen LogP contribution in [0.5, 0.6) is 0 Å². The number of alkyl halides is 1. The molecular formula is C7H7IOS. The van der Waals surface area contributed by atoms with Crippen molar-refractivity contribution in [1.29, 1.82) is 0 Å². The number of thiophene rings is 1. The topological polar surface area (TPSA) is 17.1 Å². The van der Waals surface area contributed by atoms with Gasteiger partial charge in [0, 0.05) is 10.8 Å². The van der Waals surface area contributed by atoms with E-state index in [1.165, 1.54) is 11.3 Å². The monoisotopic (exact) mass is 266 g/mol. The highest BCUT2D eigenvalue weighted by Gasteiger charge is 2.03. The fraction of sp³-hybridized carbons (Fsp3) is 0.286. The second-order valence-corrected chi connectivity index (χ2v) is 3.87. The molecule has 1 aromatic heterocycles. The predicted octanol–water partition coefficient (Wildman–Crippen LogP) is 2.76. The van der Waals surface area contributed by atoms with Gasteiger partial charge in [0.2, 0.25) is 0 Å². The normalized spacial score (nSPS) is 9.70. The lowest BCUT2D eigenvalue weighted by Crippen LogP contribution is -1.94. The minimum absolute atomic E-state index is 0.268. The van der Waals surface area contributed by atoms with Gasteiger partial charge in [-0.3, -0.25) is 4.79 Å². The molecule has 0 amide bonds. The van der Waals surface area contributed by atoms with Crippen LogP contribution in [-0.2, 0) is 0 Å². The van der Waals surface area contributed by atoms with Gasteiger partial charge in [-0.25, -0.2) is 0 Å². The largest absolute Gasteiger partial charge is 0.293 e. The van der Waals surface area contributed by atoms with E-state index in [2.05, 4.69) is 22.6 Å². The van der Waals surface area contributed by atoms with Crippen LogP contribution in [0.4, 0.5) is 0 Å². The maximum Gasteiger partial charge on any atom is 0.173 e. The molecule has 0 aliphatic carbocycles. The maximum absolute atomic E-state index is 11.1. The highest BCUT2D eigenvalue weighted by atomic mass is 127. The second kappa shape index (κ2) is 4.08. The van der Waals surface area contributed by atoms with E-state index in [1.807, 2.05) is 17.5 Å². The second-order valence-electron chi connectivity index (χ2n) is 1.84. The first-order valence-corrected chi connectivity index (χ1v) is 5.38. The van der Waals surface area contributed by atoms with Gasteiger partial charge in [0.15, 0.2) is 5.78 Å². The van der Waals surface area contributed by atoms with Gasteiger partial charge < -0.3 is 0 Å². The number of hydrogen-bond acceptors (Lipinski definition) is 2. The van der Waals surface area contributed by atoms with Crippen molar-refractivity contribution in [2.75, 3.05) is 4.43 Å². The predicted molar refractivity (Wildman–Crippen MR) is 52.2 cm³/mol. The first-order chi connectivity index (χ1) is 4.84. The molecule has 0 fully saturated rings. The Bertz CT molecular complexity index is 205. The van der Waals surface area contributed by atoms with Crippen LogP contribution in [-0.4, -0.2) is 10.2 Å². The number of carbonyl (C=O) groups is 1. The number of halogens is 1. The Hall–Kier alpha value is 0.1000. The summed E-state index contributed by atoms with van der Waals surface area (Å²) >= 11 is 3.73. The van der Waals surface area contributed by atoms with Crippen molar-refractivity contribution in [2.45, 2.75) is 6.42 Å². The van der Waals surface area contributed by atoms with Gasteiger partial charge in [-0.1, -0.05) is 28.7 Å². The standard InChI is InChI=1S/C7H7IOS/c8-4-3-6(9)7-2-1-5-10-7/h1-2,5H,3-4H2. The maximum atomic E-state index is 11.1. The lowest BCUT2D eigenvalue weighted by molar-refractivity contribution is 0.0994. The molecule has 1 heterocycles. The third-order valence-corrected chi connectivity index (χ3v) is 2.57. The van der Waals surface area contributed by atoms with Gasteiger partial charge in [-0.05, 0) is 11.4 Å². The Balaban J connectivity index is 2.59. The molecule has 0 atom stereocenters. The fourth-order valence-corrected chi connectivity index (χ4v) is 1.83. The van der Waals surface area contributed by atoms with Crippen LogP contribution in [0.3, 0.4) is 0 Å². The van der Waals surface area contributed by atoms with E-state index in [9.17, 15) is 4.79 Å². The molecule has 3 heteroatoms. The summed E-state index contributed by atoms with van der Waals surface area (Å²) in [5, 5.41) is 1.93. The van der Waals surface area contributed by atoms with E-state index in [-0.39, 0.29) is 5.78 Å². The van der Waals surface area contributed by atoms with Gasteiger partial charge in [-0.2, -0.15) is 0 Å². The smallest absolute Gasteiger partial charge is 0.173 e. The molecule has 0 radical (unpaired) electrons. The summed E-state index contributed by atoms with van der Waals surface area (Å²) in [4.78, 5) is 12.0. The van der Waals surface area contributed by atoms with Crippen molar-refractivity contribution in [3.05, 3.63) is 22.4 Å². The first-order valence-electron chi connectivity index (χ1n) is 2.97. The highest BCUT2D eigenvalue weighted by Crippen LogP contribution is 2.11. The number of carbonyl (C=O) groups excluding carboxylic acids is 1. The highest BCUT2D eigenvalue weighted by molar-refractivity contribution is 14.1. The molecule has 0 bridgehead atoms. The van der Waals surface area contributed by atoms with Crippen molar-refractivity contribution in [1.82, 2.24) is 0 Å². The van der Waals surface area contributed by atoms with E-state index in [0.29, 0.717) is 6.42 Å². The third kappa shape index (κ3) is 2.05. The summed E-state index contributed by atoms with van der Waals surface area (Å²) in [7, 11) is 0. The molecule has 0 spiro atoms. The Morgan fingerprint density at radius 1 is 1.70 bits per heavy atom. The SMILES string of the molecule is O=C(CCI)c1cccs1. The van der Waals surface area contributed by atoms with Gasteiger partial charge in [-0.15, -0.1) is 11.3 Å². The summed E-state index contributed by atoms with van der Waals surface area (Å²) in [6.07, 6.45) is 0.668. The molecule has 0 saturated carbocycles. The van der Waals surface area contributed by atoms with Gasteiger partial charge in [0.05, 0.1) is 4.88 Å².